The van der Waals surface area contributed by atoms with Crippen LogP contribution in [-0.2, 0) is 11.0 Å². The lowest BCUT2D eigenvalue weighted by atomic mass is 10.1. The van der Waals surface area contributed by atoms with Crippen LogP contribution in [-0.4, -0.2) is 10.2 Å². The van der Waals surface area contributed by atoms with E-state index in [2.05, 4.69) is 0 Å². The molecule has 4 nitrogen and oxygen atoms in total. The van der Waals surface area contributed by atoms with Gasteiger partial charge in [0.2, 0.25) is 0 Å². The Morgan fingerprint density at radius 1 is 1.07 bits per heavy atom. The summed E-state index contributed by atoms with van der Waals surface area (Å²) in [4.78, 5) is 26.5. The number of thiocarbonyl (C=S) groups is 1. The van der Waals surface area contributed by atoms with E-state index in [9.17, 15) is 22.8 Å². The topological polar surface area (TPSA) is 50.5 Å². The third-order valence-corrected chi connectivity index (χ3v) is 5.52. The molecule has 1 amide bonds. The SMILES string of the molecule is O=C1/C(=C\c2coc3ccccc3c2=O)SC(=S)N1c1cccc(C(F)(F)F)c1. The minimum Gasteiger partial charge on any atom is -0.463 e. The normalized spacial score (nSPS) is 16.2. The number of rotatable bonds is 2. The Kier molecular flexibility index (Phi) is 4.79. The van der Waals surface area contributed by atoms with Gasteiger partial charge in [0, 0.05) is 0 Å². The highest BCUT2D eigenvalue weighted by Gasteiger charge is 2.36. The van der Waals surface area contributed by atoms with Crippen molar-refractivity contribution in [3.63, 3.8) is 0 Å². The number of thioether (sulfide) groups is 1. The van der Waals surface area contributed by atoms with Crippen LogP contribution in [0.25, 0.3) is 17.0 Å². The van der Waals surface area contributed by atoms with Crippen LogP contribution in [0.4, 0.5) is 18.9 Å². The molecule has 9 heteroatoms. The van der Waals surface area contributed by atoms with Crippen molar-refractivity contribution in [1.82, 2.24) is 0 Å². The van der Waals surface area contributed by atoms with Crippen molar-refractivity contribution in [3.05, 3.63) is 81.0 Å². The van der Waals surface area contributed by atoms with Crippen LogP contribution in [0.1, 0.15) is 11.1 Å². The zero-order valence-electron chi connectivity index (χ0n) is 14.4. The average molecular weight is 433 g/mol. The van der Waals surface area contributed by atoms with Crippen molar-refractivity contribution in [2.24, 2.45) is 0 Å². The van der Waals surface area contributed by atoms with Gasteiger partial charge in [0.1, 0.15) is 11.8 Å². The summed E-state index contributed by atoms with van der Waals surface area (Å²) >= 11 is 6.09. The molecule has 1 aliphatic heterocycles. The number of anilines is 1. The third-order valence-electron chi connectivity index (χ3n) is 4.22. The van der Waals surface area contributed by atoms with E-state index < -0.39 is 17.6 Å². The average Bonchev–Trinajstić information content (AvgIpc) is 2.97. The molecular weight excluding hydrogens is 423 g/mol. The fourth-order valence-corrected chi connectivity index (χ4v) is 4.14. The smallest absolute Gasteiger partial charge is 0.416 e. The monoisotopic (exact) mass is 433 g/mol. The van der Waals surface area contributed by atoms with Crippen LogP contribution in [0.15, 0.2) is 68.9 Å². The van der Waals surface area contributed by atoms with E-state index in [1.807, 2.05) is 0 Å². The predicted molar refractivity (Wildman–Crippen MR) is 110 cm³/mol. The zero-order chi connectivity index (χ0) is 20.8. The molecule has 1 fully saturated rings. The summed E-state index contributed by atoms with van der Waals surface area (Å²) in [6.07, 6.45) is -1.97. The number of fused-ring (bicyclic) bond motifs is 1. The van der Waals surface area contributed by atoms with E-state index in [1.165, 1.54) is 24.5 Å². The number of halogens is 3. The number of nitrogens with zero attached hydrogens (tertiary/aromatic N) is 1. The minimum atomic E-state index is -4.55. The highest BCUT2D eigenvalue weighted by Crippen LogP contribution is 2.38. The predicted octanol–water partition coefficient (Wildman–Crippen LogP) is 5.22. The van der Waals surface area contributed by atoms with Gasteiger partial charge in [0.05, 0.1) is 27.1 Å². The van der Waals surface area contributed by atoms with Crippen LogP contribution in [0.3, 0.4) is 0 Å². The van der Waals surface area contributed by atoms with E-state index in [4.69, 9.17) is 16.6 Å². The molecule has 4 rings (SSSR count). The summed E-state index contributed by atoms with van der Waals surface area (Å²) in [6.45, 7) is 0. The standard InChI is InChI=1S/C20H10F3NO3S2/c21-20(22,23)12-4-3-5-13(9-12)24-18(26)16(29-19(24)28)8-11-10-27-15-7-2-1-6-14(15)17(11)25/h1-10H/b16-8+. The number of carbonyl (C=O) groups is 1. The summed E-state index contributed by atoms with van der Waals surface area (Å²) in [5.41, 5.74) is -0.643. The van der Waals surface area contributed by atoms with Gasteiger partial charge in [-0.3, -0.25) is 14.5 Å². The maximum absolute atomic E-state index is 13.0. The Morgan fingerprint density at radius 2 is 1.83 bits per heavy atom. The third kappa shape index (κ3) is 3.58. The lowest BCUT2D eigenvalue weighted by Crippen LogP contribution is -2.27. The van der Waals surface area contributed by atoms with Crippen molar-refractivity contribution in [2.45, 2.75) is 6.18 Å². The highest BCUT2D eigenvalue weighted by molar-refractivity contribution is 8.27. The Bertz CT molecular complexity index is 1250. The summed E-state index contributed by atoms with van der Waals surface area (Å²) in [5, 5.41) is 0.356. The van der Waals surface area contributed by atoms with E-state index >= 15 is 0 Å². The number of benzene rings is 2. The maximum Gasteiger partial charge on any atom is 0.416 e. The van der Waals surface area contributed by atoms with E-state index in [-0.39, 0.29) is 25.9 Å². The van der Waals surface area contributed by atoms with Gasteiger partial charge < -0.3 is 4.42 Å². The number of hydrogen-bond donors (Lipinski definition) is 0. The van der Waals surface area contributed by atoms with Gasteiger partial charge in [-0.25, -0.2) is 0 Å². The molecule has 2 aromatic carbocycles. The molecule has 0 spiro atoms. The van der Waals surface area contributed by atoms with Crippen molar-refractivity contribution < 1.29 is 22.4 Å². The van der Waals surface area contributed by atoms with E-state index in [1.54, 1.807) is 24.3 Å². The minimum absolute atomic E-state index is 0.0104. The molecule has 1 aromatic heterocycles. The molecule has 3 aromatic rings. The first-order chi connectivity index (χ1) is 13.8. The molecule has 146 valence electrons. The number of alkyl halides is 3. The van der Waals surface area contributed by atoms with Crippen LogP contribution in [0, 0.1) is 0 Å². The highest BCUT2D eigenvalue weighted by atomic mass is 32.2. The first kappa shape index (κ1) is 19.4. The molecule has 29 heavy (non-hydrogen) atoms. The molecule has 0 atom stereocenters. The fourth-order valence-electron chi connectivity index (χ4n) is 2.85. The first-order valence-corrected chi connectivity index (χ1v) is 9.44. The zero-order valence-corrected chi connectivity index (χ0v) is 16.0. The van der Waals surface area contributed by atoms with E-state index in [0.29, 0.717) is 11.0 Å². The second-order valence-electron chi connectivity index (χ2n) is 6.08. The van der Waals surface area contributed by atoms with Gasteiger partial charge in [-0.15, -0.1) is 0 Å². The van der Waals surface area contributed by atoms with Gasteiger partial charge in [0.25, 0.3) is 5.91 Å². The molecule has 1 saturated heterocycles. The quantitative estimate of drug-likeness (QED) is 0.410. The first-order valence-electron chi connectivity index (χ1n) is 8.21. The number of carbonyl (C=O) groups excluding carboxylic acids is 1. The summed E-state index contributed by atoms with van der Waals surface area (Å²) in [5.74, 6) is -0.605. The molecule has 0 N–H and O–H groups in total. The molecule has 0 bridgehead atoms. The lowest BCUT2D eigenvalue weighted by Gasteiger charge is -2.16. The van der Waals surface area contributed by atoms with Gasteiger partial charge >= 0.3 is 6.18 Å². The Labute approximate surface area is 171 Å². The summed E-state index contributed by atoms with van der Waals surface area (Å²) in [7, 11) is 0. The molecule has 2 heterocycles. The number of para-hydroxylation sites is 1. The molecule has 1 aliphatic rings. The van der Waals surface area contributed by atoms with Crippen LogP contribution in [0.2, 0.25) is 0 Å². The van der Waals surface area contributed by atoms with Gasteiger partial charge in [0.15, 0.2) is 9.75 Å². The van der Waals surface area contributed by atoms with E-state index in [0.717, 1.165) is 28.8 Å². The number of hydrogen-bond acceptors (Lipinski definition) is 5. The van der Waals surface area contributed by atoms with Crippen molar-refractivity contribution in [3.8, 4) is 0 Å². The molecule has 0 saturated carbocycles. The number of amides is 1. The van der Waals surface area contributed by atoms with Crippen LogP contribution in [0.5, 0.6) is 0 Å². The molecular formula is C20H10F3NO3S2. The van der Waals surface area contributed by atoms with Crippen molar-refractivity contribution in [2.75, 3.05) is 4.90 Å². The van der Waals surface area contributed by atoms with Crippen molar-refractivity contribution >= 4 is 56.9 Å². The summed E-state index contributed by atoms with van der Waals surface area (Å²) in [6, 6.07) is 11.0. The fraction of sp³-hybridized carbons (Fsp3) is 0.0500. The van der Waals surface area contributed by atoms with Crippen LogP contribution < -0.4 is 10.3 Å². The van der Waals surface area contributed by atoms with Crippen LogP contribution >= 0.6 is 24.0 Å². The summed E-state index contributed by atoms with van der Waals surface area (Å²) < 4.78 is 44.5. The van der Waals surface area contributed by atoms with Gasteiger partial charge in [-0.05, 0) is 36.4 Å². The molecule has 0 unspecified atom stereocenters. The lowest BCUT2D eigenvalue weighted by molar-refractivity contribution is -0.137. The van der Waals surface area contributed by atoms with Gasteiger partial charge in [-0.2, -0.15) is 13.2 Å². The Hall–Kier alpha value is -2.91. The second kappa shape index (κ2) is 7.16. The second-order valence-corrected chi connectivity index (χ2v) is 7.76. The Balaban J connectivity index is 1.72. The Morgan fingerprint density at radius 3 is 2.59 bits per heavy atom. The maximum atomic E-state index is 13.0. The molecule has 0 aliphatic carbocycles. The van der Waals surface area contributed by atoms with Gasteiger partial charge in [-0.1, -0.05) is 42.2 Å². The largest absolute Gasteiger partial charge is 0.463 e. The van der Waals surface area contributed by atoms with Crippen molar-refractivity contribution in [1.29, 1.82) is 0 Å². The molecule has 0 radical (unpaired) electrons.